The SMILES string of the molecule is CCCC(CCO)CNC(=NCc1oc2ccccc2c1C)NCC.I. The van der Waals surface area contributed by atoms with Crippen LogP contribution in [0.3, 0.4) is 0 Å². The van der Waals surface area contributed by atoms with Crippen molar-refractivity contribution >= 4 is 40.9 Å². The highest BCUT2D eigenvalue weighted by Gasteiger charge is 2.11. The van der Waals surface area contributed by atoms with Crippen LogP contribution < -0.4 is 10.6 Å². The Balaban J connectivity index is 0.00000338. The second-order valence-electron chi connectivity index (χ2n) is 6.39. The molecule has 0 radical (unpaired) electrons. The Morgan fingerprint density at radius 3 is 2.62 bits per heavy atom. The molecule has 3 N–H and O–H groups in total. The van der Waals surface area contributed by atoms with E-state index in [0.717, 1.165) is 60.6 Å². The predicted octanol–water partition coefficient (Wildman–Crippen LogP) is 4.21. The molecule has 5 nitrogen and oxygen atoms in total. The van der Waals surface area contributed by atoms with Gasteiger partial charge in [0.25, 0.3) is 0 Å². The van der Waals surface area contributed by atoms with Gasteiger partial charge in [-0.15, -0.1) is 24.0 Å². The maximum absolute atomic E-state index is 9.20. The minimum Gasteiger partial charge on any atom is -0.459 e. The highest BCUT2D eigenvalue weighted by atomic mass is 127. The van der Waals surface area contributed by atoms with Gasteiger partial charge in [0, 0.05) is 30.6 Å². The number of aryl methyl sites for hydroxylation is 1. The summed E-state index contributed by atoms with van der Waals surface area (Å²) in [4.78, 5) is 4.67. The molecule has 2 aromatic rings. The molecule has 26 heavy (non-hydrogen) atoms. The Hall–Kier alpha value is -1.28. The van der Waals surface area contributed by atoms with Crippen LogP contribution in [0.5, 0.6) is 0 Å². The maximum Gasteiger partial charge on any atom is 0.191 e. The van der Waals surface area contributed by atoms with E-state index in [4.69, 9.17) is 4.42 Å². The van der Waals surface area contributed by atoms with Crippen molar-refractivity contribution in [3.8, 4) is 0 Å². The summed E-state index contributed by atoms with van der Waals surface area (Å²) >= 11 is 0. The third-order valence-corrected chi connectivity index (χ3v) is 4.46. The third-order valence-electron chi connectivity index (χ3n) is 4.46. The molecular weight excluding hydrogens is 441 g/mol. The minimum atomic E-state index is 0. The van der Waals surface area contributed by atoms with Gasteiger partial charge in [-0.2, -0.15) is 0 Å². The summed E-state index contributed by atoms with van der Waals surface area (Å²) in [6.45, 7) is 8.68. The molecule has 0 bridgehead atoms. The van der Waals surface area contributed by atoms with E-state index in [1.165, 1.54) is 0 Å². The number of fused-ring (bicyclic) bond motifs is 1. The molecule has 0 amide bonds. The van der Waals surface area contributed by atoms with Gasteiger partial charge in [0.2, 0.25) is 0 Å². The molecule has 0 aliphatic rings. The van der Waals surface area contributed by atoms with Crippen LogP contribution in [-0.4, -0.2) is 30.8 Å². The van der Waals surface area contributed by atoms with Gasteiger partial charge in [0.1, 0.15) is 17.9 Å². The van der Waals surface area contributed by atoms with Gasteiger partial charge in [-0.25, -0.2) is 4.99 Å². The Kier molecular flexibility index (Phi) is 10.7. The first-order valence-corrected chi connectivity index (χ1v) is 9.29. The molecular formula is C20H32IN3O2. The highest BCUT2D eigenvalue weighted by molar-refractivity contribution is 14.0. The van der Waals surface area contributed by atoms with Gasteiger partial charge >= 0.3 is 0 Å². The van der Waals surface area contributed by atoms with Gasteiger partial charge < -0.3 is 20.2 Å². The number of rotatable bonds is 9. The van der Waals surface area contributed by atoms with Crippen molar-refractivity contribution in [2.24, 2.45) is 10.9 Å². The molecule has 0 saturated carbocycles. The van der Waals surface area contributed by atoms with Crippen molar-refractivity contribution < 1.29 is 9.52 Å². The summed E-state index contributed by atoms with van der Waals surface area (Å²) in [6.07, 6.45) is 3.05. The Morgan fingerprint density at radius 1 is 1.19 bits per heavy atom. The van der Waals surface area contributed by atoms with Gasteiger partial charge in [-0.1, -0.05) is 31.5 Å². The first-order chi connectivity index (χ1) is 12.2. The van der Waals surface area contributed by atoms with E-state index in [9.17, 15) is 5.11 Å². The lowest BCUT2D eigenvalue weighted by Crippen LogP contribution is -2.40. The number of hydrogen-bond donors (Lipinski definition) is 3. The van der Waals surface area contributed by atoms with Gasteiger partial charge in [-0.05, 0) is 38.7 Å². The van der Waals surface area contributed by atoms with Crippen molar-refractivity contribution in [3.05, 3.63) is 35.6 Å². The largest absolute Gasteiger partial charge is 0.459 e. The number of halogens is 1. The fraction of sp³-hybridized carbons (Fsp3) is 0.550. The number of aliphatic hydroxyl groups is 1. The molecule has 2 rings (SSSR count). The normalized spacial score (nSPS) is 12.7. The average Bonchev–Trinajstić information content (AvgIpc) is 2.94. The zero-order valence-corrected chi connectivity index (χ0v) is 18.4. The summed E-state index contributed by atoms with van der Waals surface area (Å²) in [6, 6.07) is 8.08. The lowest BCUT2D eigenvalue weighted by atomic mass is 10.0. The zero-order chi connectivity index (χ0) is 18.1. The predicted molar refractivity (Wildman–Crippen MR) is 119 cm³/mol. The Labute approximate surface area is 173 Å². The van der Waals surface area contributed by atoms with Crippen LogP contribution in [0.1, 0.15) is 44.4 Å². The number of hydrogen-bond acceptors (Lipinski definition) is 3. The number of nitrogens with one attached hydrogen (secondary N) is 2. The zero-order valence-electron chi connectivity index (χ0n) is 16.0. The summed E-state index contributed by atoms with van der Waals surface area (Å²) in [7, 11) is 0. The number of aliphatic imine (C=N–C) groups is 1. The third kappa shape index (κ3) is 6.46. The summed E-state index contributed by atoms with van der Waals surface area (Å²) in [5.41, 5.74) is 2.06. The van der Waals surface area contributed by atoms with Crippen LogP contribution in [0, 0.1) is 12.8 Å². The van der Waals surface area contributed by atoms with Gasteiger partial charge in [0.05, 0.1) is 0 Å². The Bertz CT molecular complexity index is 679. The van der Waals surface area contributed by atoms with Crippen molar-refractivity contribution in [2.45, 2.75) is 46.6 Å². The van der Waals surface area contributed by atoms with E-state index in [1.54, 1.807) is 0 Å². The van der Waals surface area contributed by atoms with E-state index in [-0.39, 0.29) is 30.6 Å². The first-order valence-electron chi connectivity index (χ1n) is 9.29. The molecule has 6 heteroatoms. The summed E-state index contributed by atoms with van der Waals surface area (Å²) < 4.78 is 5.93. The fourth-order valence-electron chi connectivity index (χ4n) is 3.05. The number of para-hydroxylation sites is 1. The molecule has 1 aromatic heterocycles. The number of guanidine groups is 1. The molecule has 0 spiro atoms. The fourth-order valence-corrected chi connectivity index (χ4v) is 3.05. The van der Waals surface area contributed by atoms with Crippen LogP contribution in [0.4, 0.5) is 0 Å². The van der Waals surface area contributed by atoms with Crippen molar-refractivity contribution in [1.29, 1.82) is 0 Å². The number of furan rings is 1. The van der Waals surface area contributed by atoms with Crippen LogP contribution in [0.2, 0.25) is 0 Å². The average molecular weight is 473 g/mol. The second kappa shape index (κ2) is 12.2. The van der Waals surface area contributed by atoms with Crippen LogP contribution in [-0.2, 0) is 6.54 Å². The summed E-state index contributed by atoms with van der Waals surface area (Å²) in [5.74, 6) is 2.16. The molecule has 1 atom stereocenters. The first kappa shape index (κ1) is 22.8. The molecule has 0 fully saturated rings. The monoisotopic (exact) mass is 473 g/mol. The number of aliphatic hydroxyl groups excluding tert-OH is 1. The highest BCUT2D eigenvalue weighted by Crippen LogP contribution is 2.25. The van der Waals surface area contributed by atoms with E-state index in [1.807, 2.05) is 18.2 Å². The molecule has 1 heterocycles. The number of benzene rings is 1. The molecule has 146 valence electrons. The maximum atomic E-state index is 9.20. The lowest BCUT2D eigenvalue weighted by Gasteiger charge is -2.18. The lowest BCUT2D eigenvalue weighted by molar-refractivity contribution is 0.251. The van der Waals surface area contributed by atoms with E-state index in [2.05, 4.69) is 42.5 Å². The van der Waals surface area contributed by atoms with Crippen molar-refractivity contribution in [2.75, 3.05) is 19.7 Å². The second-order valence-corrected chi connectivity index (χ2v) is 6.39. The van der Waals surface area contributed by atoms with Crippen LogP contribution in [0.15, 0.2) is 33.7 Å². The molecule has 0 saturated heterocycles. The smallest absolute Gasteiger partial charge is 0.191 e. The minimum absolute atomic E-state index is 0. The quantitative estimate of drug-likeness (QED) is 0.290. The molecule has 0 aliphatic heterocycles. The van der Waals surface area contributed by atoms with Crippen molar-refractivity contribution in [1.82, 2.24) is 10.6 Å². The van der Waals surface area contributed by atoms with Gasteiger partial charge in [-0.3, -0.25) is 0 Å². The van der Waals surface area contributed by atoms with Crippen LogP contribution in [0.25, 0.3) is 11.0 Å². The summed E-state index contributed by atoms with van der Waals surface area (Å²) in [5, 5.41) is 17.0. The van der Waals surface area contributed by atoms with E-state index < -0.39 is 0 Å². The number of nitrogens with zero attached hydrogens (tertiary/aromatic N) is 1. The topological polar surface area (TPSA) is 69.8 Å². The molecule has 0 aliphatic carbocycles. The molecule has 1 unspecified atom stereocenters. The van der Waals surface area contributed by atoms with E-state index in [0.29, 0.717) is 12.5 Å². The Morgan fingerprint density at radius 2 is 1.96 bits per heavy atom. The standard InChI is InChI=1S/C20H31N3O2.HI/c1-4-8-16(11-12-24)13-22-20(21-5-2)23-14-19-15(3)17-9-6-7-10-18(17)25-19;/h6-7,9-10,16,24H,4-5,8,11-14H2,1-3H3,(H2,21,22,23);1H. The van der Waals surface area contributed by atoms with E-state index >= 15 is 0 Å². The molecule has 1 aromatic carbocycles. The van der Waals surface area contributed by atoms with Gasteiger partial charge in [0.15, 0.2) is 5.96 Å². The van der Waals surface area contributed by atoms with Crippen LogP contribution >= 0.6 is 24.0 Å². The van der Waals surface area contributed by atoms with Crippen molar-refractivity contribution in [3.63, 3.8) is 0 Å².